The minimum atomic E-state index is -0.635. The van der Waals surface area contributed by atoms with E-state index in [9.17, 15) is 28.8 Å². The maximum atomic E-state index is 14.3. The van der Waals surface area contributed by atoms with Gasteiger partial charge in [-0.25, -0.2) is 4.79 Å². The van der Waals surface area contributed by atoms with Crippen molar-refractivity contribution in [1.29, 1.82) is 0 Å². The molecule has 4 atom stereocenters. The third-order valence-corrected chi connectivity index (χ3v) is 10.2. The average molecular weight is 732 g/mol. The van der Waals surface area contributed by atoms with Crippen LogP contribution in [-0.2, 0) is 35.1 Å². The lowest BCUT2D eigenvalue weighted by atomic mass is 9.83. The van der Waals surface area contributed by atoms with Crippen molar-refractivity contribution in [3.8, 4) is 0 Å². The topological polar surface area (TPSA) is 139 Å². The molecule has 0 spiro atoms. The molecule has 1 heterocycles. The number of carbonyl (C=O) groups is 6. The van der Waals surface area contributed by atoms with E-state index >= 15 is 0 Å². The first-order valence-electron chi connectivity index (χ1n) is 19.4. The zero-order chi connectivity index (χ0) is 39.2. The zero-order valence-electron chi connectivity index (χ0n) is 33.1. The molecule has 1 aliphatic carbocycles. The maximum Gasteiger partial charge on any atom is 0.407 e. The molecule has 1 aromatic carbocycles. The number of ether oxygens (including phenoxy) is 1. The van der Waals surface area contributed by atoms with Crippen LogP contribution in [0.4, 0.5) is 4.79 Å². The second kappa shape index (κ2) is 20.8. The number of hydrogen-bond donors (Lipinski definition) is 2. The largest absolute Gasteiger partial charge is 0.450 e. The van der Waals surface area contributed by atoms with E-state index in [2.05, 4.69) is 24.5 Å². The summed E-state index contributed by atoms with van der Waals surface area (Å²) in [5, 5.41) is 5.87. The molecule has 10 nitrogen and oxygen atoms in total. The number of benzene rings is 1. The van der Waals surface area contributed by atoms with Crippen LogP contribution >= 0.6 is 0 Å². The third kappa shape index (κ3) is 12.6. The monoisotopic (exact) mass is 731 g/mol. The van der Waals surface area contributed by atoms with Gasteiger partial charge in [-0.3, -0.25) is 24.0 Å². The minimum Gasteiger partial charge on any atom is -0.450 e. The van der Waals surface area contributed by atoms with Crippen molar-refractivity contribution in [3.63, 3.8) is 0 Å². The molecule has 0 radical (unpaired) electrons. The van der Waals surface area contributed by atoms with E-state index in [0.29, 0.717) is 80.2 Å². The van der Waals surface area contributed by atoms with Crippen LogP contribution < -0.4 is 10.6 Å². The first kappa shape index (κ1) is 43.1. The molecule has 2 aliphatic rings. The van der Waals surface area contributed by atoms with E-state index in [1.807, 2.05) is 56.3 Å². The average Bonchev–Trinajstić information content (AvgIpc) is 3.61. The number of likely N-dealkylation sites (tertiary alicyclic amines) is 1. The Kier molecular flexibility index (Phi) is 16.9. The van der Waals surface area contributed by atoms with Gasteiger partial charge in [-0.05, 0) is 98.0 Å². The van der Waals surface area contributed by atoms with Crippen molar-refractivity contribution in [2.24, 2.45) is 17.8 Å². The second-order valence-corrected chi connectivity index (χ2v) is 15.3. The Hall–Kier alpha value is -4.34. The van der Waals surface area contributed by atoms with Crippen LogP contribution in [0.5, 0.6) is 0 Å². The molecule has 3 rings (SSSR count). The summed E-state index contributed by atoms with van der Waals surface area (Å²) in [6.45, 7) is 15.4. The summed E-state index contributed by atoms with van der Waals surface area (Å²) in [5.74, 6) is -1.56. The van der Waals surface area contributed by atoms with Crippen LogP contribution in [0.2, 0.25) is 0 Å². The molecule has 2 N–H and O–H groups in total. The summed E-state index contributed by atoms with van der Waals surface area (Å²) < 4.78 is 5.12. The Morgan fingerprint density at radius 2 is 1.58 bits per heavy atom. The maximum absolute atomic E-state index is 14.3. The lowest BCUT2D eigenvalue weighted by molar-refractivity contribution is -0.140. The van der Waals surface area contributed by atoms with Gasteiger partial charge in [-0.2, -0.15) is 0 Å². The number of carbonyl (C=O) groups excluding carboxylic acids is 6. The number of unbranched alkanes of at least 4 members (excludes halogenated alkanes) is 1. The summed E-state index contributed by atoms with van der Waals surface area (Å²) >= 11 is 0. The fraction of sp³-hybridized carbons (Fsp3) is 0.581. The standard InChI is InChI=1S/C43H61N3O7/c1-9-53-43(52)45-35(24-27(2)3)22-21-34(25-32-16-11-10-12-17-32)42(51)46-23-15-20-37(46)38(47)26-33(41(50)44-28(4)5)18-13-14-19-36-31(8)39(48)29(6)30(7)40(36)49/h10-12,16-17,21-22,27-28,33-35,37H,9,13-15,18-20,23-26H2,1-8H3,(H,44,50)(H,45,52)/b22-21+/t33-,34-,35-,37+/m1/s1. The van der Waals surface area contributed by atoms with Gasteiger partial charge < -0.3 is 20.3 Å². The molecule has 1 aromatic rings. The Labute approximate surface area is 316 Å². The number of rotatable bonds is 19. The highest BCUT2D eigenvalue weighted by atomic mass is 16.5. The molecule has 0 unspecified atom stereocenters. The van der Waals surface area contributed by atoms with Crippen LogP contribution in [0.25, 0.3) is 0 Å². The molecule has 1 aliphatic heterocycles. The molecule has 53 heavy (non-hydrogen) atoms. The van der Waals surface area contributed by atoms with E-state index in [4.69, 9.17) is 4.74 Å². The van der Waals surface area contributed by atoms with Gasteiger partial charge in [0.2, 0.25) is 11.8 Å². The molecule has 0 saturated carbocycles. The highest BCUT2D eigenvalue weighted by Crippen LogP contribution is 2.30. The van der Waals surface area contributed by atoms with E-state index in [-0.39, 0.29) is 60.2 Å². The zero-order valence-corrected chi connectivity index (χ0v) is 33.1. The summed E-state index contributed by atoms with van der Waals surface area (Å²) in [6, 6.07) is 8.65. The predicted octanol–water partition coefficient (Wildman–Crippen LogP) is 7.02. The first-order chi connectivity index (χ1) is 25.1. The smallest absolute Gasteiger partial charge is 0.407 e. The molecule has 10 heteroatoms. The third-order valence-electron chi connectivity index (χ3n) is 10.2. The van der Waals surface area contributed by atoms with E-state index < -0.39 is 24.0 Å². The van der Waals surface area contributed by atoms with Crippen LogP contribution in [0.1, 0.15) is 112 Å². The van der Waals surface area contributed by atoms with Gasteiger partial charge in [-0.15, -0.1) is 0 Å². The van der Waals surface area contributed by atoms with E-state index in [1.165, 1.54) is 0 Å². The van der Waals surface area contributed by atoms with Crippen LogP contribution in [0, 0.1) is 17.8 Å². The summed E-state index contributed by atoms with van der Waals surface area (Å²) in [7, 11) is 0. The lowest BCUT2D eigenvalue weighted by Crippen LogP contribution is -2.45. The van der Waals surface area contributed by atoms with Crippen molar-refractivity contribution in [2.45, 2.75) is 131 Å². The van der Waals surface area contributed by atoms with Crippen LogP contribution in [0.15, 0.2) is 64.8 Å². The van der Waals surface area contributed by atoms with Crippen molar-refractivity contribution in [2.75, 3.05) is 13.2 Å². The first-order valence-corrected chi connectivity index (χ1v) is 19.4. The molecular formula is C43H61N3O7. The van der Waals surface area contributed by atoms with Crippen molar-refractivity contribution in [1.82, 2.24) is 15.5 Å². The number of amides is 3. The van der Waals surface area contributed by atoms with Gasteiger partial charge in [0.05, 0.1) is 24.6 Å². The molecule has 1 fully saturated rings. The predicted molar refractivity (Wildman–Crippen MR) is 207 cm³/mol. The van der Waals surface area contributed by atoms with Crippen molar-refractivity contribution in [3.05, 3.63) is 70.3 Å². The van der Waals surface area contributed by atoms with Gasteiger partial charge in [-0.1, -0.05) is 62.8 Å². The Bertz CT molecular complexity index is 1570. The summed E-state index contributed by atoms with van der Waals surface area (Å²) in [6.07, 6.45) is 7.59. The Morgan fingerprint density at radius 1 is 0.906 bits per heavy atom. The fourth-order valence-corrected chi connectivity index (χ4v) is 7.23. The highest BCUT2D eigenvalue weighted by molar-refractivity contribution is 6.24. The SMILES string of the molecule is CCOC(=O)N[C@H](/C=C/[C@H](Cc1ccccc1)C(=O)N1CCC[C@H]1C(=O)C[C@@H](CCCCC1=C(C)C(=O)C(C)=C(C)C1=O)C(=O)NC(C)C)CC(C)C. The van der Waals surface area contributed by atoms with Gasteiger partial charge in [0.1, 0.15) is 0 Å². The quantitative estimate of drug-likeness (QED) is 0.0886. The molecule has 290 valence electrons. The van der Waals surface area contributed by atoms with E-state index in [1.54, 1.807) is 32.6 Å². The molecule has 3 amide bonds. The number of alkyl carbamates (subject to hydrolysis) is 1. The normalized spacial score (nSPS) is 18.2. The van der Waals surface area contributed by atoms with Crippen molar-refractivity contribution >= 4 is 35.3 Å². The van der Waals surface area contributed by atoms with Gasteiger partial charge in [0.15, 0.2) is 17.3 Å². The van der Waals surface area contributed by atoms with Crippen LogP contribution in [0.3, 0.4) is 0 Å². The Morgan fingerprint density at radius 3 is 2.23 bits per heavy atom. The number of Topliss-reactive ketones (excluding diaryl/α,β-unsaturated/α-hetero) is 3. The lowest BCUT2D eigenvalue weighted by Gasteiger charge is -2.29. The van der Waals surface area contributed by atoms with Crippen molar-refractivity contribution < 1.29 is 33.5 Å². The highest BCUT2D eigenvalue weighted by Gasteiger charge is 2.38. The number of nitrogens with one attached hydrogen (secondary N) is 2. The molecule has 1 saturated heterocycles. The number of ketones is 3. The van der Waals surface area contributed by atoms with E-state index in [0.717, 1.165) is 5.56 Å². The van der Waals surface area contributed by atoms with Gasteiger partial charge >= 0.3 is 6.09 Å². The van der Waals surface area contributed by atoms with Crippen LogP contribution in [-0.4, -0.2) is 71.4 Å². The molecule has 0 bridgehead atoms. The summed E-state index contributed by atoms with van der Waals surface area (Å²) in [4.78, 5) is 81.3. The van der Waals surface area contributed by atoms with Gasteiger partial charge in [0, 0.05) is 47.2 Å². The number of allylic oxidation sites excluding steroid dienone is 4. The fourth-order valence-electron chi connectivity index (χ4n) is 7.23. The second-order valence-electron chi connectivity index (χ2n) is 15.3. The minimum absolute atomic E-state index is 0.00625. The molecule has 0 aromatic heterocycles. The number of hydrogen-bond acceptors (Lipinski definition) is 7. The van der Waals surface area contributed by atoms with Gasteiger partial charge in [0.25, 0.3) is 0 Å². The number of nitrogens with zero attached hydrogens (tertiary/aromatic N) is 1. The molecular weight excluding hydrogens is 670 g/mol. The Balaban J connectivity index is 1.77. The summed E-state index contributed by atoms with van der Waals surface area (Å²) in [5.41, 5.74) is 2.97.